The van der Waals surface area contributed by atoms with Gasteiger partial charge >= 0.3 is 5.97 Å². The highest BCUT2D eigenvalue weighted by atomic mass is 32.2. The smallest absolute Gasteiger partial charge is 0.339 e. The van der Waals surface area contributed by atoms with Crippen molar-refractivity contribution >= 4 is 29.5 Å². The number of nitrogen functional groups attached to an aromatic ring is 2. The zero-order valence-corrected chi connectivity index (χ0v) is 13.8. The predicted octanol–water partition coefficient (Wildman–Crippen LogP) is 2.62. The topological polar surface area (TPSA) is 124 Å². The molecule has 0 saturated heterocycles. The molecule has 122 valence electrons. The Labute approximate surface area is 138 Å². The number of methoxy groups -OCH3 is 1. The maximum Gasteiger partial charge on any atom is 0.339 e. The first-order valence-electron chi connectivity index (χ1n) is 6.84. The fourth-order valence-electron chi connectivity index (χ4n) is 2.05. The third kappa shape index (κ3) is 3.65. The zero-order valence-electron chi connectivity index (χ0n) is 13.0. The average Bonchev–Trinajstić information content (AvgIpc) is 2.49. The van der Waals surface area contributed by atoms with Crippen LogP contribution in [0, 0.1) is 0 Å². The molecule has 2 aromatic rings. The Morgan fingerprint density at radius 3 is 2.52 bits per heavy atom. The summed E-state index contributed by atoms with van der Waals surface area (Å²) in [6, 6.07) is 3.32. The molecule has 5 N–H and O–H groups in total. The molecule has 2 rings (SSSR count). The molecule has 8 heteroatoms. The van der Waals surface area contributed by atoms with Crippen molar-refractivity contribution in [2.45, 2.75) is 29.6 Å². The van der Waals surface area contributed by atoms with Gasteiger partial charge in [0.2, 0.25) is 5.95 Å². The molecule has 1 aromatic heterocycles. The average molecular weight is 334 g/mol. The molecule has 0 spiro atoms. The highest BCUT2D eigenvalue weighted by Crippen LogP contribution is 2.39. The fraction of sp³-hybridized carbons (Fsp3) is 0.267. The second-order valence-corrected chi connectivity index (χ2v) is 6.21. The van der Waals surface area contributed by atoms with Gasteiger partial charge in [0.05, 0.1) is 12.0 Å². The van der Waals surface area contributed by atoms with Gasteiger partial charge in [0, 0.05) is 11.1 Å². The van der Waals surface area contributed by atoms with Gasteiger partial charge in [0.25, 0.3) is 0 Å². The highest BCUT2D eigenvalue weighted by Gasteiger charge is 2.19. The van der Waals surface area contributed by atoms with E-state index in [2.05, 4.69) is 9.97 Å². The van der Waals surface area contributed by atoms with Crippen molar-refractivity contribution in [3.05, 3.63) is 29.5 Å². The Balaban J connectivity index is 2.55. The highest BCUT2D eigenvalue weighted by molar-refractivity contribution is 7.99. The Morgan fingerprint density at radius 2 is 2.00 bits per heavy atom. The lowest BCUT2D eigenvalue weighted by Crippen LogP contribution is -2.04. The number of rotatable bonds is 5. The second kappa shape index (κ2) is 6.74. The van der Waals surface area contributed by atoms with Crippen LogP contribution in [0.25, 0.3) is 0 Å². The van der Waals surface area contributed by atoms with Crippen LogP contribution in [-0.4, -0.2) is 28.2 Å². The van der Waals surface area contributed by atoms with Crippen molar-refractivity contribution in [1.82, 2.24) is 9.97 Å². The number of hydrogen-bond acceptors (Lipinski definition) is 7. The van der Waals surface area contributed by atoms with E-state index in [0.29, 0.717) is 10.6 Å². The van der Waals surface area contributed by atoms with E-state index < -0.39 is 5.97 Å². The SMILES string of the molecule is COc1cc(C(C)C)c(Sc2cnc(N)nc2N)cc1C(=O)O. The summed E-state index contributed by atoms with van der Waals surface area (Å²) in [4.78, 5) is 20.6. The first kappa shape index (κ1) is 16.9. The standard InChI is InChI=1S/C15H18N4O3S/c1-7(2)8-4-10(22-3)9(14(20)21)5-11(8)23-12-6-18-15(17)19-13(12)16/h4-7H,1-3H3,(H,20,21)(H4,16,17,18,19). The van der Waals surface area contributed by atoms with E-state index in [4.69, 9.17) is 16.2 Å². The van der Waals surface area contributed by atoms with Gasteiger partial charge in [-0.15, -0.1) is 0 Å². The molecule has 0 aliphatic carbocycles. The number of anilines is 2. The normalized spacial score (nSPS) is 10.8. The van der Waals surface area contributed by atoms with Gasteiger partial charge in [-0.1, -0.05) is 25.6 Å². The molecule has 0 unspecified atom stereocenters. The summed E-state index contributed by atoms with van der Waals surface area (Å²) in [5, 5.41) is 9.35. The van der Waals surface area contributed by atoms with Crippen LogP contribution in [0.2, 0.25) is 0 Å². The third-order valence-electron chi connectivity index (χ3n) is 3.21. The van der Waals surface area contributed by atoms with Gasteiger partial charge in [-0.2, -0.15) is 4.98 Å². The van der Waals surface area contributed by atoms with Crippen molar-refractivity contribution in [3.63, 3.8) is 0 Å². The summed E-state index contributed by atoms with van der Waals surface area (Å²) in [6.45, 7) is 4.03. The largest absolute Gasteiger partial charge is 0.496 e. The molecule has 7 nitrogen and oxygen atoms in total. The summed E-state index contributed by atoms with van der Waals surface area (Å²) in [5.41, 5.74) is 12.4. The minimum Gasteiger partial charge on any atom is -0.496 e. The van der Waals surface area contributed by atoms with Crippen LogP contribution in [0.15, 0.2) is 28.1 Å². The Kier molecular flexibility index (Phi) is 4.95. The molecule has 23 heavy (non-hydrogen) atoms. The van der Waals surface area contributed by atoms with Crippen LogP contribution in [0.3, 0.4) is 0 Å². The van der Waals surface area contributed by atoms with E-state index in [9.17, 15) is 9.90 Å². The molecule has 0 bridgehead atoms. The number of carboxylic acids is 1. The summed E-state index contributed by atoms with van der Waals surface area (Å²) in [7, 11) is 1.45. The molecule has 0 aliphatic heterocycles. The van der Waals surface area contributed by atoms with E-state index in [1.165, 1.54) is 25.1 Å². The maximum atomic E-state index is 11.4. The first-order valence-corrected chi connectivity index (χ1v) is 7.66. The summed E-state index contributed by atoms with van der Waals surface area (Å²) < 4.78 is 5.19. The molecular formula is C15H18N4O3S. The van der Waals surface area contributed by atoms with Crippen molar-refractivity contribution in [1.29, 1.82) is 0 Å². The van der Waals surface area contributed by atoms with Gasteiger partial charge in [-0.05, 0) is 23.6 Å². The van der Waals surface area contributed by atoms with Crippen LogP contribution in [-0.2, 0) is 0 Å². The number of carboxylic acid groups (broad SMARTS) is 1. The molecule has 1 aromatic carbocycles. The van der Waals surface area contributed by atoms with Gasteiger partial charge in [0.15, 0.2) is 0 Å². The lowest BCUT2D eigenvalue weighted by Gasteiger charge is -2.16. The van der Waals surface area contributed by atoms with Crippen LogP contribution in [0.5, 0.6) is 5.75 Å². The molecule has 0 atom stereocenters. The number of ether oxygens (including phenoxy) is 1. The van der Waals surface area contributed by atoms with E-state index in [0.717, 1.165) is 10.5 Å². The molecule has 0 saturated carbocycles. The second-order valence-electron chi connectivity index (χ2n) is 5.13. The van der Waals surface area contributed by atoms with Crippen LogP contribution < -0.4 is 16.2 Å². The number of aromatic carboxylic acids is 1. The summed E-state index contributed by atoms with van der Waals surface area (Å²) in [6.07, 6.45) is 1.52. The Morgan fingerprint density at radius 1 is 1.30 bits per heavy atom. The van der Waals surface area contributed by atoms with E-state index in [1.807, 2.05) is 13.8 Å². The molecule has 0 fully saturated rings. The minimum absolute atomic E-state index is 0.0920. The van der Waals surface area contributed by atoms with Crippen molar-refractivity contribution in [2.24, 2.45) is 0 Å². The molecule has 1 heterocycles. The predicted molar refractivity (Wildman–Crippen MR) is 89.0 cm³/mol. The molecule has 0 amide bonds. The number of hydrogen-bond donors (Lipinski definition) is 3. The minimum atomic E-state index is -1.06. The number of carbonyl (C=O) groups is 1. The Hall–Kier alpha value is -2.48. The van der Waals surface area contributed by atoms with Gasteiger partial charge in [-0.3, -0.25) is 0 Å². The van der Waals surface area contributed by atoms with Gasteiger partial charge < -0.3 is 21.3 Å². The monoisotopic (exact) mass is 334 g/mol. The van der Waals surface area contributed by atoms with E-state index in [-0.39, 0.29) is 23.2 Å². The first-order chi connectivity index (χ1) is 10.8. The molecule has 0 aliphatic rings. The molecule has 0 radical (unpaired) electrons. The number of benzene rings is 1. The zero-order chi connectivity index (χ0) is 17.1. The van der Waals surface area contributed by atoms with Crippen LogP contribution >= 0.6 is 11.8 Å². The lowest BCUT2D eigenvalue weighted by atomic mass is 10.0. The summed E-state index contributed by atoms with van der Waals surface area (Å²) >= 11 is 1.30. The number of aromatic nitrogens is 2. The quantitative estimate of drug-likeness (QED) is 0.762. The molecular weight excluding hydrogens is 316 g/mol. The van der Waals surface area contributed by atoms with Crippen molar-refractivity contribution in [2.75, 3.05) is 18.6 Å². The Bertz CT molecular complexity index is 750. The number of nitrogens with two attached hydrogens (primary N) is 2. The fourth-order valence-corrected chi connectivity index (χ4v) is 3.13. The van der Waals surface area contributed by atoms with Crippen LogP contribution in [0.1, 0.15) is 35.7 Å². The van der Waals surface area contributed by atoms with Crippen molar-refractivity contribution < 1.29 is 14.6 Å². The maximum absolute atomic E-state index is 11.4. The van der Waals surface area contributed by atoms with Crippen molar-refractivity contribution in [3.8, 4) is 5.75 Å². The van der Waals surface area contributed by atoms with E-state index >= 15 is 0 Å². The van der Waals surface area contributed by atoms with Gasteiger partial charge in [-0.25, -0.2) is 9.78 Å². The third-order valence-corrected chi connectivity index (χ3v) is 4.31. The lowest BCUT2D eigenvalue weighted by molar-refractivity contribution is 0.0693. The van der Waals surface area contributed by atoms with Crippen LogP contribution in [0.4, 0.5) is 11.8 Å². The van der Waals surface area contributed by atoms with E-state index in [1.54, 1.807) is 12.1 Å². The summed E-state index contributed by atoms with van der Waals surface area (Å²) in [5.74, 6) is -0.209. The van der Waals surface area contributed by atoms with Gasteiger partial charge in [0.1, 0.15) is 17.1 Å². The number of nitrogens with zero attached hydrogens (tertiary/aromatic N) is 2.